The van der Waals surface area contributed by atoms with Gasteiger partial charge in [0.15, 0.2) is 17.1 Å². The van der Waals surface area contributed by atoms with Crippen LogP contribution in [0.4, 0.5) is 0 Å². The molecule has 0 saturated heterocycles. The van der Waals surface area contributed by atoms with Gasteiger partial charge in [-0.2, -0.15) is 5.10 Å². The number of ether oxygens (including phenoxy) is 3. The number of aromatic nitrogens is 3. The van der Waals surface area contributed by atoms with Crippen molar-refractivity contribution in [1.29, 1.82) is 0 Å². The van der Waals surface area contributed by atoms with Crippen molar-refractivity contribution in [2.75, 3.05) is 13.9 Å². The van der Waals surface area contributed by atoms with E-state index in [1.807, 2.05) is 48.0 Å². The van der Waals surface area contributed by atoms with Crippen molar-refractivity contribution in [3.63, 3.8) is 0 Å². The van der Waals surface area contributed by atoms with Crippen molar-refractivity contribution >= 4 is 22.6 Å². The molecule has 0 N–H and O–H groups in total. The maximum Gasteiger partial charge on any atom is 0.231 e. The molecule has 5 rings (SSSR count). The summed E-state index contributed by atoms with van der Waals surface area (Å²) in [5.74, 6) is 1.91. The van der Waals surface area contributed by atoms with E-state index in [2.05, 4.69) is 13.0 Å². The molecule has 0 amide bonds. The normalized spacial score (nSPS) is 12.5. The van der Waals surface area contributed by atoms with Crippen molar-refractivity contribution in [3.8, 4) is 28.5 Å². The van der Waals surface area contributed by atoms with Crippen LogP contribution in [0.1, 0.15) is 16.8 Å². The Morgan fingerprint density at radius 3 is 2.80 bits per heavy atom. The molecule has 2 aromatic heterocycles. The van der Waals surface area contributed by atoms with Crippen molar-refractivity contribution in [3.05, 3.63) is 64.3 Å². The Hall–Kier alpha value is -3.25. The molecular formula is C23H20ClN3O3. The van der Waals surface area contributed by atoms with Crippen LogP contribution in [-0.4, -0.2) is 28.7 Å². The van der Waals surface area contributed by atoms with E-state index in [9.17, 15) is 0 Å². The van der Waals surface area contributed by atoms with Gasteiger partial charge in [-0.3, -0.25) is 0 Å². The number of hydrogen-bond acceptors (Lipinski definition) is 5. The third-order valence-electron chi connectivity index (χ3n) is 5.25. The highest BCUT2D eigenvalue weighted by Gasteiger charge is 2.22. The minimum atomic E-state index is 0.187. The highest BCUT2D eigenvalue weighted by Crippen LogP contribution is 2.44. The lowest BCUT2D eigenvalue weighted by Crippen LogP contribution is -2.03. The lowest BCUT2D eigenvalue weighted by molar-refractivity contribution is 0.171. The Morgan fingerprint density at radius 1 is 1.13 bits per heavy atom. The fourth-order valence-electron chi connectivity index (χ4n) is 3.91. The van der Waals surface area contributed by atoms with Crippen LogP contribution in [0.25, 0.3) is 22.3 Å². The van der Waals surface area contributed by atoms with Gasteiger partial charge in [0.05, 0.1) is 25.0 Å². The van der Waals surface area contributed by atoms with E-state index in [-0.39, 0.29) is 6.79 Å². The van der Waals surface area contributed by atoms with Crippen LogP contribution in [0, 0.1) is 13.8 Å². The minimum absolute atomic E-state index is 0.187. The third-order valence-corrected chi connectivity index (χ3v) is 5.49. The van der Waals surface area contributed by atoms with Crippen LogP contribution in [0.15, 0.2) is 42.5 Å². The summed E-state index contributed by atoms with van der Waals surface area (Å²) < 4.78 is 18.5. The Kier molecular flexibility index (Phi) is 4.51. The van der Waals surface area contributed by atoms with Gasteiger partial charge in [-0.25, -0.2) is 9.67 Å². The number of rotatable bonds is 4. The van der Waals surface area contributed by atoms with Gasteiger partial charge in [0.1, 0.15) is 0 Å². The quantitative estimate of drug-likeness (QED) is 0.456. The topological polar surface area (TPSA) is 58.4 Å². The molecule has 6 nitrogen and oxygen atoms in total. The Bertz CT molecular complexity index is 1280. The highest BCUT2D eigenvalue weighted by atomic mass is 35.5. The summed E-state index contributed by atoms with van der Waals surface area (Å²) in [5.41, 5.74) is 5.69. The molecule has 1 aliphatic rings. The summed E-state index contributed by atoms with van der Waals surface area (Å²) >= 11 is 6.16. The van der Waals surface area contributed by atoms with Gasteiger partial charge in [-0.1, -0.05) is 23.7 Å². The number of benzene rings is 2. The molecule has 30 heavy (non-hydrogen) atoms. The fourth-order valence-corrected chi connectivity index (χ4v) is 4.12. The van der Waals surface area contributed by atoms with Crippen LogP contribution in [0.3, 0.4) is 0 Å². The smallest absolute Gasteiger partial charge is 0.231 e. The number of halogens is 1. The first kappa shape index (κ1) is 18.8. The van der Waals surface area contributed by atoms with E-state index in [1.54, 1.807) is 7.11 Å². The first-order valence-corrected chi connectivity index (χ1v) is 9.98. The summed E-state index contributed by atoms with van der Waals surface area (Å²) in [6.07, 6.45) is 0. The number of fused-ring (bicyclic) bond motifs is 2. The molecule has 1 aliphatic heterocycles. The third kappa shape index (κ3) is 3.13. The zero-order valence-corrected chi connectivity index (χ0v) is 17.7. The van der Waals surface area contributed by atoms with Crippen LogP contribution >= 0.6 is 11.6 Å². The van der Waals surface area contributed by atoms with E-state index in [4.69, 9.17) is 35.9 Å². The number of aryl methyl sites for hydroxylation is 2. The molecular weight excluding hydrogens is 402 g/mol. The van der Waals surface area contributed by atoms with Gasteiger partial charge in [-0.15, -0.1) is 0 Å². The van der Waals surface area contributed by atoms with Crippen molar-refractivity contribution in [2.45, 2.75) is 20.4 Å². The summed E-state index contributed by atoms with van der Waals surface area (Å²) in [5, 5.41) is 6.51. The molecule has 3 heterocycles. The van der Waals surface area contributed by atoms with Gasteiger partial charge in [0, 0.05) is 16.0 Å². The van der Waals surface area contributed by atoms with Crippen LogP contribution in [0.2, 0.25) is 5.02 Å². The zero-order valence-electron chi connectivity index (χ0n) is 16.9. The minimum Gasteiger partial charge on any atom is -0.493 e. The van der Waals surface area contributed by atoms with Crippen molar-refractivity contribution < 1.29 is 14.2 Å². The summed E-state index contributed by atoms with van der Waals surface area (Å²) in [7, 11) is 1.62. The van der Waals surface area contributed by atoms with Crippen LogP contribution in [-0.2, 0) is 6.54 Å². The average molecular weight is 422 g/mol. The van der Waals surface area contributed by atoms with E-state index in [0.29, 0.717) is 28.8 Å². The van der Waals surface area contributed by atoms with Gasteiger partial charge >= 0.3 is 0 Å². The molecule has 0 unspecified atom stereocenters. The fraction of sp³-hybridized carbons (Fsp3) is 0.217. The average Bonchev–Trinajstić information content (AvgIpc) is 3.32. The number of nitrogens with zero attached hydrogens (tertiary/aromatic N) is 3. The van der Waals surface area contributed by atoms with Gasteiger partial charge in [0.25, 0.3) is 0 Å². The number of pyridine rings is 1. The lowest BCUT2D eigenvalue weighted by atomic mass is 10.1. The van der Waals surface area contributed by atoms with E-state index in [1.165, 1.54) is 0 Å². The molecule has 0 radical (unpaired) electrons. The van der Waals surface area contributed by atoms with Crippen LogP contribution in [0.5, 0.6) is 17.2 Å². The molecule has 2 aromatic carbocycles. The second kappa shape index (κ2) is 7.22. The van der Waals surface area contributed by atoms with Crippen molar-refractivity contribution in [1.82, 2.24) is 14.8 Å². The highest BCUT2D eigenvalue weighted by molar-refractivity contribution is 6.30. The Morgan fingerprint density at radius 2 is 2.00 bits per heavy atom. The molecule has 0 bridgehead atoms. The monoisotopic (exact) mass is 421 g/mol. The predicted molar refractivity (Wildman–Crippen MR) is 116 cm³/mol. The van der Waals surface area contributed by atoms with Crippen LogP contribution < -0.4 is 14.2 Å². The molecule has 0 fully saturated rings. The number of methoxy groups -OCH3 is 1. The predicted octanol–water partition coefficient (Wildman–Crippen LogP) is 5.15. The lowest BCUT2D eigenvalue weighted by Gasteiger charge is -2.10. The molecule has 0 saturated carbocycles. The van der Waals surface area contributed by atoms with Gasteiger partial charge in [0.2, 0.25) is 12.5 Å². The van der Waals surface area contributed by atoms with Crippen molar-refractivity contribution in [2.24, 2.45) is 0 Å². The molecule has 7 heteroatoms. The van der Waals surface area contributed by atoms with E-state index < -0.39 is 0 Å². The summed E-state index contributed by atoms with van der Waals surface area (Å²) in [4.78, 5) is 4.96. The van der Waals surface area contributed by atoms with E-state index in [0.717, 1.165) is 39.1 Å². The number of hydrogen-bond donors (Lipinski definition) is 0. The SMILES string of the molecule is COc1cc(-c2cc(C)c3c(C)nn(Cc4cccc(Cl)c4)c3n2)cc2c1OCO2. The molecule has 0 atom stereocenters. The second-order valence-electron chi connectivity index (χ2n) is 7.31. The Balaban J connectivity index is 1.65. The first-order chi connectivity index (χ1) is 14.5. The van der Waals surface area contributed by atoms with Gasteiger partial charge < -0.3 is 14.2 Å². The Labute approximate surface area is 179 Å². The largest absolute Gasteiger partial charge is 0.493 e. The zero-order chi connectivity index (χ0) is 20.8. The standard InChI is InChI=1S/C23H20ClN3O3/c1-13-7-18(16-9-19(28-3)22-20(10-16)29-12-30-22)25-23-21(13)14(2)26-27(23)11-15-5-4-6-17(24)8-15/h4-10H,11-12H2,1-3H3. The molecule has 0 aliphatic carbocycles. The van der Waals surface area contributed by atoms with Gasteiger partial charge in [-0.05, 0) is 55.3 Å². The second-order valence-corrected chi connectivity index (χ2v) is 7.74. The molecule has 152 valence electrons. The first-order valence-electron chi connectivity index (χ1n) is 9.60. The summed E-state index contributed by atoms with van der Waals surface area (Å²) in [6, 6.07) is 13.7. The maximum absolute atomic E-state index is 6.16. The maximum atomic E-state index is 6.16. The summed E-state index contributed by atoms with van der Waals surface area (Å²) in [6.45, 7) is 4.86. The molecule has 0 spiro atoms. The van der Waals surface area contributed by atoms with E-state index >= 15 is 0 Å². The molecule has 4 aromatic rings.